The summed E-state index contributed by atoms with van der Waals surface area (Å²) in [6, 6.07) is -1.09. The third kappa shape index (κ3) is 8.30. The number of sulfonamides is 1. The number of rotatable bonds is 13. The van der Waals surface area contributed by atoms with E-state index in [-0.39, 0.29) is 33.9 Å². The van der Waals surface area contributed by atoms with Crippen LogP contribution in [0.3, 0.4) is 0 Å². The highest BCUT2D eigenvalue weighted by atomic mass is 32.2. The summed E-state index contributed by atoms with van der Waals surface area (Å²) in [5, 5.41) is 10.2. The first kappa shape index (κ1) is 38.8. The lowest BCUT2D eigenvalue weighted by Gasteiger charge is -2.39. The number of hydrogen-bond acceptors (Lipinski definition) is 8. The number of likely N-dealkylation sites (tertiary alicyclic amines) is 1. The number of ketones is 1. The van der Waals surface area contributed by atoms with Crippen molar-refractivity contribution < 1.29 is 32.4 Å². The van der Waals surface area contributed by atoms with Gasteiger partial charge in [-0.3, -0.25) is 19.2 Å². The van der Waals surface area contributed by atoms with E-state index in [0.29, 0.717) is 13.0 Å². The average Bonchev–Trinajstić information content (AvgIpc) is 3.41. The van der Waals surface area contributed by atoms with E-state index in [0.717, 1.165) is 30.6 Å². The van der Waals surface area contributed by atoms with Crippen LogP contribution < -0.4 is 21.7 Å². The number of Topliss-reactive ketones (excluding diaryl/α,β-unsaturated/α-hetero) is 1. The van der Waals surface area contributed by atoms with E-state index in [1.54, 1.807) is 11.4 Å². The van der Waals surface area contributed by atoms with E-state index in [4.69, 9.17) is 5.73 Å². The quantitative estimate of drug-likeness (QED) is 0.225. The van der Waals surface area contributed by atoms with Crippen LogP contribution in [0.5, 0.6) is 0 Å². The van der Waals surface area contributed by atoms with Crippen LogP contribution in [0.2, 0.25) is 0 Å². The highest BCUT2D eigenvalue weighted by molar-refractivity contribution is 7.91. The van der Waals surface area contributed by atoms with E-state index in [1.807, 2.05) is 55.4 Å². The van der Waals surface area contributed by atoms with Gasteiger partial charge in [0.15, 0.2) is 0 Å². The lowest BCUT2D eigenvalue weighted by atomic mass is 9.80. The predicted molar refractivity (Wildman–Crippen MR) is 187 cm³/mol. The number of nitrogens with zero attached hydrogens (tertiary/aromatic N) is 2. The van der Waals surface area contributed by atoms with Crippen LogP contribution in [0, 0.1) is 34.0 Å². The Morgan fingerprint density at radius 3 is 2.16 bits per heavy atom. The highest BCUT2D eigenvalue weighted by Gasteiger charge is 2.70. The number of nitrogens with one attached hydrogen (secondary N) is 3. The van der Waals surface area contributed by atoms with Crippen molar-refractivity contribution in [1.29, 1.82) is 0 Å². The van der Waals surface area contributed by atoms with Gasteiger partial charge in [-0.25, -0.2) is 13.2 Å². The zero-order valence-corrected chi connectivity index (χ0v) is 31.8. The standard InChI is InChI=1S/C34H54N6O7S2/c1-32(2,3)22(18-39(9)49(46,47)23-14-11-15-48-23)37-31(45)38-27(33(4,5)6)30(44)40-17-20-24(34(20,7)8)25(40)29(43)36-21(26(41)28(35)42)16-19-12-10-13-19/h11,14-15,19-22,24-25,27H,10,12-13,16-18H2,1-9H3,(H2,35,42)(H,36,43)(H2,37,38,45)/t20-,21?,22+,24?,25-,27+/m0/s1. The molecule has 274 valence electrons. The van der Waals surface area contributed by atoms with Gasteiger partial charge < -0.3 is 26.6 Å². The first-order chi connectivity index (χ1) is 22.5. The molecule has 1 aliphatic heterocycles. The molecular weight excluding hydrogens is 669 g/mol. The summed E-state index contributed by atoms with van der Waals surface area (Å²) in [4.78, 5) is 68.1. The first-order valence-electron chi connectivity index (χ1n) is 17.0. The number of carbonyl (C=O) groups is 5. The van der Waals surface area contributed by atoms with Gasteiger partial charge in [0, 0.05) is 26.2 Å². The number of piperidine rings is 1. The number of likely N-dealkylation sites (N-methyl/N-ethyl adjacent to an activating group) is 1. The second kappa shape index (κ2) is 13.9. The number of urea groups is 1. The van der Waals surface area contributed by atoms with Crippen molar-refractivity contribution in [3.8, 4) is 0 Å². The molecule has 2 heterocycles. The lowest BCUT2D eigenvalue weighted by molar-refractivity contribution is -0.145. The molecule has 2 saturated carbocycles. The molecule has 15 heteroatoms. The van der Waals surface area contributed by atoms with E-state index < -0.39 is 74.6 Å². The fourth-order valence-corrected chi connectivity index (χ4v) is 9.52. The van der Waals surface area contributed by atoms with E-state index in [1.165, 1.54) is 22.3 Å². The molecule has 13 nitrogen and oxygen atoms in total. The molecule has 0 radical (unpaired) electrons. The predicted octanol–water partition coefficient (Wildman–Crippen LogP) is 2.71. The van der Waals surface area contributed by atoms with Crippen molar-refractivity contribution in [2.45, 2.75) is 109 Å². The summed E-state index contributed by atoms with van der Waals surface area (Å²) >= 11 is 1.11. The summed E-state index contributed by atoms with van der Waals surface area (Å²) in [6.45, 7) is 15.5. The smallest absolute Gasteiger partial charge is 0.315 e. The fraction of sp³-hybridized carbons (Fsp3) is 0.735. The summed E-state index contributed by atoms with van der Waals surface area (Å²) in [5.74, 6) is -2.82. The van der Waals surface area contributed by atoms with E-state index in [9.17, 15) is 32.4 Å². The van der Waals surface area contributed by atoms with Gasteiger partial charge >= 0.3 is 6.03 Å². The van der Waals surface area contributed by atoms with Crippen molar-refractivity contribution in [2.75, 3.05) is 20.1 Å². The molecule has 4 rings (SSSR count). The summed E-state index contributed by atoms with van der Waals surface area (Å²) in [6.07, 6.45) is 3.15. The minimum Gasteiger partial charge on any atom is -0.363 e. The van der Waals surface area contributed by atoms with Gasteiger partial charge in [0.1, 0.15) is 16.3 Å². The van der Waals surface area contributed by atoms with Crippen LogP contribution in [0.4, 0.5) is 4.79 Å². The normalized spacial score (nSPS) is 23.9. The topological polar surface area (TPSA) is 188 Å². The monoisotopic (exact) mass is 722 g/mol. The van der Waals surface area contributed by atoms with Crippen LogP contribution in [0.1, 0.15) is 81.1 Å². The van der Waals surface area contributed by atoms with Crippen LogP contribution in [0.15, 0.2) is 21.7 Å². The fourth-order valence-electron chi connectivity index (χ4n) is 7.14. The molecule has 3 aliphatic rings. The van der Waals surface area contributed by atoms with Crippen molar-refractivity contribution in [1.82, 2.24) is 25.2 Å². The SMILES string of the molecule is CN(C[C@@H](NC(=O)N[C@H](C(=O)N1C[C@H]2C([C@H]1C(=O)NC(CC1CCC1)C(=O)C(N)=O)C2(C)C)C(C)(C)C)C(C)(C)C)S(=O)(=O)c1cccs1. The maximum absolute atomic E-state index is 14.4. The Balaban J connectivity index is 1.52. The third-order valence-corrected chi connectivity index (χ3v) is 14.0. The number of hydrogen-bond donors (Lipinski definition) is 4. The number of fused-ring (bicyclic) bond motifs is 1. The zero-order chi connectivity index (χ0) is 36.9. The molecule has 1 aromatic rings. The second-order valence-electron chi connectivity index (χ2n) is 16.8. The molecule has 5 amide bonds. The van der Waals surface area contributed by atoms with Crippen molar-refractivity contribution in [2.24, 2.45) is 39.7 Å². The number of carbonyl (C=O) groups excluding carboxylic acids is 5. The van der Waals surface area contributed by atoms with Crippen LogP contribution in [0.25, 0.3) is 0 Å². The molecule has 2 aliphatic carbocycles. The van der Waals surface area contributed by atoms with Gasteiger partial charge in [-0.1, -0.05) is 80.7 Å². The van der Waals surface area contributed by atoms with Crippen LogP contribution in [-0.2, 0) is 29.2 Å². The van der Waals surface area contributed by atoms with Crippen molar-refractivity contribution in [3.63, 3.8) is 0 Å². The van der Waals surface area contributed by atoms with Gasteiger partial charge in [-0.05, 0) is 51.9 Å². The molecule has 6 atom stereocenters. The van der Waals surface area contributed by atoms with E-state index >= 15 is 0 Å². The lowest BCUT2D eigenvalue weighted by Crippen LogP contribution is -2.62. The molecule has 1 aromatic heterocycles. The maximum atomic E-state index is 14.4. The Morgan fingerprint density at radius 1 is 1.04 bits per heavy atom. The van der Waals surface area contributed by atoms with Gasteiger partial charge in [0.05, 0.1) is 6.04 Å². The average molecular weight is 723 g/mol. The van der Waals surface area contributed by atoms with Gasteiger partial charge in [0.25, 0.3) is 15.9 Å². The van der Waals surface area contributed by atoms with Crippen LogP contribution >= 0.6 is 11.3 Å². The Morgan fingerprint density at radius 2 is 1.67 bits per heavy atom. The van der Waals surface area contributed by atoms with Gasteiger partial charge in [0.2, 0.25) is 17.6 Å². The molecule has 2 unspecified atom stereocenters. The Hall–Kier alpha value is -3.04. The number of thiophene rings is 1. The molecule has 0 bridgehead atoms. The molecule has 5 N–H and O–H groups in total. The number of primary amides is 1. The summed E-state index contributed by atoms with van der Waals surface area (Å²) < 4.78 is 27.7. The maximum Gasteiger partial charge on any atom is 0.315 e. The summed E-state index contributed by atoms with van der Waals surface area (Å²) in [5.41, 5.74) is 3.79. The van der Waals surface area contributed by atoms with Crippen molar-refractivity contribution >= 4 is 50.9 Å². The Kier molecular flexibility index (Phi) is 11.0. The largest absolute Gasteiger partial charge is 0.363 e. The molecule has 49 heavy (non-hydrogen) atoms. The Labute approximate surface area is 294 Å². The van der Waals surface area contributed by atoms with E-state index in [2.05, 4.69) is 16.0 Å². The zero-order valence-electron chi connectivity index (χ0n) is 30.2. The molecule has 1 saturated heterocycles. The van der Waals surface area contributed by atoms with Gasteiger partial charge in [-0.2, -0.15) is 4.31 Å². The molecule has 0 spiro atoms. The molecular formula is C34H54N6O7S2. The van der Waals surface area contributed by atoms with Gasteiger partial charge in [-0.15, -0.1) is 11.3 Å². The first-order valence-corrected chi connectivity index (χ1v) is 19.3. The number of amides is 5. The van der Waals surface area contributed by atoms with Crippen LogP contribution in [-0.4, -0.2) is 91.5 Å². The minimum absolute atomic E-state index is 0.00978. The molecule has 0 aromatic carbocycles. The molecule has 3 fully saturated rings. The third-order valence-electron chi connectivity index (χ3n) is 10.8. The highest BCUT2D eigenvalue weighted by Crippen LogP contribution is 2.65. The Bertz CT molecular complexity index is 1540. The second-order valence-corrected chi connectivity index (χ2v) is 20.0. The van der Waals surface area contributed by atoms with Crippen molar-refractivity contribution in [3.05, 3.63) is 17.5 Å². The number of nitrogens with two attached hydrogens (primary N) is 1. The minimum atomic E-state index is -3.77. The summed E-state index contributed by atoms with van der Waals surface area (Å²) in [7, 11) is -2.31.